The van der Waals surface area contributed by atoms with E-state index >= 15 is 0 Å². The molecule has 1 unspecified atom stereocenters. The van der Waals surface area contributed by atoms with E-state index in [1.807, 2.05) is 32.3 Å². The van der Waals surface area contributed by atoms with Gasteiger partial charge in [-0.15, -0.1) is 11.3 Å². The van der Waals surface area contributed by atoms with Gasteiger partial charge in [0.15, 0.2) is 0 Å². The SMILES string of the molecule is Cc1ncsc1C(NN)c1cncc(OC(C)C)c1. The maximum Gasteiger partial charge on any atom is 0.138 e. The molecule has 0 radical (unpaired) electrons. The summed E-state index contributed by atoms with van der Waals surface area (Å²) in [6, 6.07) is 1.84. The van der Waals surface area contributed by atoms with Gasteiger partial charge in [-0.05, 0) is 32.4 Å². The number of nitrogens with zero attached hydrogens (tertiary/aromatic N) is 2. The smallest absolute Gasteiger partial charge is 0.138 e. The molecule has 2 rings (SSSR count). The van der Waals surface area contributed by atoms with Gasteiger partial charge in [-0.3, -0.25) is 10.8 Å². The largest absolute Gasteiger partial charge is 0.489 e. The van der Waals surface area contributed by atoms with Gasteiger partial charge in [-0.2, -0.15) is 0 Å². The predicted molar refractivity (Wildman–Crippen MR) is 76.0 cm³/mol. The van der Waals surface area contributed by atoms with Crippen LogP contribution in [0, 0.1) is 6.92 Å². The third-order valence-corrected chi connectivity index (χ3v) is 3.65. The van der Waals surface area contributed by atoms with Crippen LogP contribution in [0.3, 0.4) is 0 Å². The van der Waals surface area contributed by atoms with Gasteiger partial charge in [-0.1, -0.05) is 0 Å². The molecular weight excluding hydrogens is 260 g/mol. The van der Waals surface area contributed by atoms with Gasteiger partial charge in [0.25, 0.3) is 0 Å². The Morgan fingerprint density at radius 2 is 2.16 bits per heavy atom. The Morgan fingerprint density at radius 1 is 1.37 bits per heavy atom. The monoisotopic (exact) mass is 278 g/mol. The number of rotatable bonds is 5. The van der Waals surface area contributed by atoms with Crippen LogP contribution in [0.5, 0.6) is 5.75 Å². The number of ether oxygens (including phenoxy) is 1. The van der Waals surface area contributed by atoms with Gasteiger partial charge >= 0.3 is 0 Å². The van der Waals surface area contributed by atoms with Crippen molar-refractivity contribution in [2.75, 3.05) is 0 Å². The zero-order chi connectivity index (χ0) is 13.8. The van der Waals surface area contributed by atoms with Crippen molar-refractivity contribution in [1.82, 2.24) is 15.4 Å². The minimum absolute atomic E-state index is 0.115. The Labute approximate surface area is 116 Å². The first-order valence-electron chi connectivity index (χ1n) is 6.09. The van der Waals surface area contributed by atoms with Crippen molar-refractivity contribution in [3.8, 4) is 5.75 Å². The third kappa shape index (κ3) is 3.28. The molecule has 0 spiro atoms. The zero-order valence-corrected chi connectivity index (χ0v) is 12.1. The molecule has 1 atom stereocenters. The van der Waals surface area contributed by atoms with Gasteiger partial charge in [0, 0.05) is 6.20 Å². The summed E-state index contributed by atoms with van der Waals surface area (Å²) in [4.78, 5) is 9.55. The van der Waals surface area contributed by atoms with E-state index in [4.69, 9.17) is 10.6 Å². The van der Waals surface area contributed by atoms with Crippen LogP contribution in [-0.2, 0) is 0 Å². The molecule has 0 bridgehead atoms. The van der Waals surface area contributed by atoms with Crippen LogP contribution < -0.4 is 16.0 Å². The van der Waals surface area contributed by atoms with Crippen molar-refractivity contribution in [1.29, 1.82) is 0 Å². The number of pyridine rings is 1. The number of hydrogen-bond acceptors (Lipinski definition) is 6. The maximum absolute atomic E-state index is 5.68. The maximum atomic E-state index is 5.68. The normalized spacial score (nSPS) is 12.7. The molecule has 2 aromatic heterocycles. The molecule has 0 amide bonds. The standard InChI is InChI=1S/C13H18N4OS/c1-8(2)18-11-4-10(5-15-6-11)12(17-14)13-9(3)16-7-19-13/h4-8,12,17H,14H2,1-3H3. The van der Waals surface area contributed by atoms with Gasteiger partial charge in [0.1, 0.15) is 5.75 Å². The summed E-state index contributed by atoms with van der Waals surface area (Å²) < 4.78 is 5.65. The van der Waals surface area contributed by atoms with Crippen LogP contribution in [0.25, 0.3) is 0 Å². The molecule has 0 fully saturated rings. The molecule has 0 saturated carbocycles. The molecular formula is C13H18N4OS. The average molecular weight is 278 g/mol. The van der Waals surface area contributed by atoms with E-state index in [1.165, 1.54) is 0 Å². The molecule has 2 aromatic rings. The summed E-state index contributed by atoms with van der Waals surface area (Å²) in [5.41, 5.74) is 6.57. The van der Waals surface area contributed by atoms with E-state index in [9.17, 15) is 0 Å². The second-order valence-electron chi connectivity index (χ2n) is 4.52. The second-order valence-corrected chi connectivity index (χ2v) is 5.41. The molecule has 0 aliphatic rings. The van der Waals surface area contributed by atoms with Crippen LogP contribution in [0.1, 0.15) is 36.0 Å². The van der Waals surface area contributed by atoms with Crippen LogP contribution in [0.2, 0.25) is 0 Å². The Balaban J connectivity index is 2.31. The van der Waals surface area contributed by atoms with Crippen LogP contribution >= 0.6 is 11.3 Å². The molecule has 0 aliphatic carbocycles. The van der Waals surface area contributed by atoms with Crippen molar-refractivity contribution in [3.63, 3.8) is 0 Å². The minimum Gasteiger partial charge on any atom is -0.489 e. The van der Waals surface area contributed by atoms with Crippen molar-refractivity contribution in [2.24, 2.45) is 5.84 Å². The Bertz CT molecular complexity index is 541. The van der Waals surface area contributed by atoms with Crippen LogP contribution in [-0.4, -0.2) is 16.1 Å². The number of aryl methyl sites for hydroxylation is 1. The van der Waals surface area contributed by atoms with E-state index in [2.05, 4.69) is 15.4 Å². The van der Waals surface area contributed by atoms with Gasteiger partial charge < -0.3 is 4.74 Å². The molecule has 3 N–H and O–H groups in total. The fourth-order valence-corrected chi connectivity index (χ4v) is 2.73. The average Bonchev–Trinajstić information content (AvgIpc) is 2.77. The zero-order valence-electron chi connectivity index (χ0n) is 11.3. The summed E-state index contributed by atoms with van der Waals surface area (Å²) in [6.07, 6.45) is 3.61. The summed E-state index contributed by atoms with van der Waals surface area (Å²) in [6.45, 7) is 5.94. The highest BCUT2D eigenvalue weighted by Gasteiger charge is 2.18. The molecule has 0 aromatic carbocycles. The minimum atomic E-state index is -0.115. The number of aromatic nitrogens is 2. The van der Waals surface area contributed by atoms with E-state index in [0.29, 0.717) is 0 Å². The van der Waals surface area contributed by atoms with Crippen LogP contribution in [0.4, 0.5) is 0 Å². The van der Waals surface area contributed by atoms with Crippen molar-refractivity contribution in [2.45, 2.75) is 32.9 Å². The topological polar surface area (TPSA) is 73.1 Å². The highest BCUT2D eigenvalue weighted by atomic mass is 32.1. The fraction of sp³-hybridized carbons (Fsp3) is 0.385. The fourth-order valence-electron chi connectivity index (χ4n) is 1.84. The van der Waals surface area contributed by atoms with Gasteiger partial charge in [0.2, 0.25) is 0 Å². The van der Waals surface area contributed by atoms with Gasteiger partial charge in [0.05, 0.1) is 34.4 Å². The van der Waals surface area contributed by atoms with Crippen LogP contribution in [0.15, 0.2) is 24.0 Å². The lowest BCUT2D eigenvalue weighted by atomic mass is 10.1. The second kappa shape index (κ2) is 6.10. The van der Waals surface area contributed by atoms with E-state index in [1.54, 1.807) is 23.7 Å². The number of nitrogens with one attached hydrogen (secondary N) is 1. The number of thiazole rings is 1. The Kier molecular flexibility index (Phi) is 4.47. The van der Waals surface area contributed by atoms with E-state index in [0.717, 1.165) is 21.9 Å². The molecule has 0 aliphatic heterocycles. The lowest BCUT2D eigenvalue weighted by molar-refractivity contribution is 0.241. The first-order chi connectivity index (χ1) is 9.11. The first-order valence-corrected chi connectivity index (χ1v) is 6.97. The molecule has 102 valence electrons. The summed E-state index contributed by atoms with van der Waals surface area (Å²) in [5, 5.41) is 0. The molecule has 6 heteroatoms. The summed E-state index contributed by atoms with van der Waals surface area (Å²) in [7, 11) is 0. The Hall–Kier alpha value is -1.50. The molecule has 19 heavy (non-hydrogen) atoms. The number of nitrogens with two attached hydrogens (primary N) is 1. The first kappa shape index (κ1) is 13.9. The lowest BCUT2D eigenvalue weighted by Crippen LogP contribution is -2.28. The predicted octanol–water partition coefficient (Wildman–Crippen LogP) is 2.19. The van der Waals surface area contributed by atoms with Crippen molar-refractivity contribution in [3.05, 3.63) is 40.1 Å². The molecule has 0 saturated heterocycles. The quantitative estimate of drug-likeness (QED) is 0.648. The lowest BCUT2D eigenvalue weighted by Gasteiger charge is -2.17. The number of hydrogen-bond donors (Lipinski definition) is 2. The van der Waals surface area contributed by atoms with Crippen molar-refractivity contribution >= 4 is 11.3 Å². The van der Waals surface area contributed by atoms with E-state index < -0.39 is 0 Å². The van der Waals surface area contributed by atoms with Crippen molar-refractivity contribution < 1.29 is 4.74 Å². The Morgan fingerprint density at radius 3 is 2.74 bits per heavy atom. The van der Waals surface area contributed by atoms with E-state index in [-0.39, 0.29) is 12.1 Å². The third-order valence-electron chi connectivity index (χ3n) is 2.65. The summed E-state index contributed by atoms with van der Waals surface area (Å²) in [5.74, 6) is 6.42. The highest BCUT2D eigenvalue weighted by Crippen LogP contribution is 2.28. The summed E-state index contributed by atoms with van der Waals surface area (Å²) >= 11 is 1.57. The highest BCUT2D eigenvalue weighted by molar-refractivity contribution is 7.09. The molecule has 2 heterocycles. The number of hydrazine groups is 1. The molecule has 5 nitrogen and oxygen atoms in total. The van der Waals surface area contributed by atoms with Gasteiger partial charge in [-0.25, -0.2) is 10.4 Å².